The van der Waals surface area contributed by atoms with Gasteiger partial charge < -0.3 is 25.0 Å². The Balaban J connectivity index is 1.98. The second-order valence-electron chi connectivity index (χ2n) is 8.09. The summed E-state index contributed by atoms with van der Waals surface area (Å²) < 4.78 is 48.6. The third-order valence-corrected chi connectivity index (χ3v) is 5.25. The average molecular weight is 482 g/mol. The summed E-state index contributed by atoms with van der Waals surface area (Å²) in [7, 11) is 4.75. The van der Waals surface area contributed by atoms with E-state index in [0.29, 0.717) is 24.5 Å². The van der Waals surface area contributed by atoms with Gasteiger partial charge in [0.1, 0.15) is 6.04 Å². The fraction of sp³-hybridized carbons (Fsp3) is 0.417. The van der Waals surface area contributed by atoms with Crippen LogP contribution in [0.1, 0.15) is 25.0 Å². The SMILES string of the molecule is COc1ccc(CCN(C)C(=O)C(NC(=O)Nc2ccc(C(F)(F)F)cc2)C(C)C)cc1OC. The average Bonchev–Trinajstić information content (AvgIpc) is 2.79. The van der Waals surface area contributed by atoms with E-state index in [4.69, 9.17) is 9.47 Å². The Morgan fingerprint density at radius 2 is 1.62 bits per heavy atom. The van der Waals surface area contributed by atoms with Gasteiger partial charge in [-0.15, -0.1) is 0 Å². The molecule has 0 aromatic heterocycles. The predicted octanol–water partition coefficient (Wildman–Crippen LogP) is 4.57. The van der Waals surface area contributed by atoms with Gasteiger partial charge in [0.05, 0.1) is 19.8 Å². The van der Waals surface area contributed by atoms with Crippen LogP contribution in [-0.4, -0.2) is 50.7 Å². The van der Waals surface area contributed by atoms with Gasteiger partial charge in [-0.25, -0.2) is 4.79 Å². The Labute approximate surface area is 197 Å². The van der Waals surface area contributed by atoms with Crippen molar-refractivity contribution < 1.29 is 32.2 Å². The fourth-order valence-corrected chi connectivity index (χ4v) is 3.25. The second-order valence-corrected chi connectivity index (χ2v) is 8.09. The number of benzene rings is 2. The van der Waals surface area contributed by atoms with E-state index in [9.17, 15) is 22.8 Å². The monoisotopic (exact) mass is 481 g/mol. The number of ether oxygens (including phenoxy) is 2. The number of likely N-dealkylation sites (N-methyl/N-ethyl adjacent to an activating group) is 1. The highest BCUT2D eigenvalue weighted by atomic mass is 19.4. The van der Waals surface area contributed by atoms with Gasteiger partial charge in [-0.05, 0) is 54.3 Å². The molecule has 0 heterocycles. The molecule has 186 valence electrons. The van der Waals surface area contributed by atoms with Crippen molar-refractivity contribution in [3.63, 3.8) is 0 Å². The van der Waals surface area contributed by atoms with Crippen LogP contribution < -0.4 is 20.1 Å². The molecule has 3 amide bonds. The minimum Gasteiger partial charge on any atom is -0.493 e. The summed E-state index contributed by atoms with van der Waals surface area (Å²) in [5, 5.41) is 5.09. The summed E-state index contributed by atoms with van der Waals surface area (Å²) >= 11 is 0. The second kappa shape index (κ2) is 11.6. The van der Waals surface area contributed by atoms with Gasteiger partial charge in [-0.2, -0.15) is 13.2 Å². The third kappa shape index (κ3) is 7.29. The molecule has 0 aliphatic heterocycles. The molecule has 0 saturated heterocycles. The van der Waals surface area contributed by atoms with Gasteiger partial charge in [0.2, 0.25) is 5.91 Å². The number of rotatable bonds is 9. The first-order chi connectivity index (χ1) is 16.0. The first kappa shape index (κ1) is 26.8. The van der Waals surface area contributed by atoms with Crippen LogP contribution in [0.3, 0.4) is 0 Å². The highest BCUT2D eigenvalue weighted by Gasteiger charge is 2.30. The number of hydrogen-bond acceptors (Lipinski definition) is 4. The normalized spacial score (nSPS) is 12.1. The molecule has 10 heteroatoms. The maximum atomic E-state index is 13.0. The summed E-state index contributed by atoms with van der Waals surface area (Å²) in [5.41, 5.74) is 0.318. The van der Waals surface area contributed by atoms with Crippen LogP contribution in [0.2, 0.25) is 0 Å². The van der Waals surface area contributed by atoms with Crippen LogP contribution >= 0.6 is 0 Å². The number of halogens is 3. The van der Waals surface area contributed by atoms with Crippen LogP contribution in [0.5, 0.6) is 11.5 Å². The van der Waals surface area contributed by atoms with Crippen LogP contribution in [-0.2, 0) is 17.4 Å². The molecule has 2 aromatic carbocycles. The van der Waals surface area contributed by atoms with E-state index in [0.717, 1.165) is 29.8 Å². The number of nitrogens with zero attached hydrogens (tertiary/aromatic N) is 1. The van der Waals surface area contributed by atoms with E-state index >= 15 is 0 Å². The number of nitrogens with one attached hydrogen (secondary N) is 2. The van der Waals surface area contributed by atoms with Crippen molar-refractivity contribution in [3.8, 4) is 11.5 Å². The summed E-state index contributed by atoms with van der Waals surface area (Å²) in [4.78, 5) is 26.9. The molecule has 2 N–H and O–H groups in total. The Morgan fingerprint density at radius 1 is 1.00 bits per heavy atom. The van der Waals surface area contributed by atoms with Crippen molar-refractivity contribution in [2.45, 2.75) is 32.5 Å². The molecule has 0 spiro atoms. The van der Waals surface area contributed by atoms with Crippen molar-refractivity contribution in [2.24, 2.45) is 5.92 Å². The lowest BCUT2D eigenvalue weighted by Gasteiger charge is -2.27. The van der Waals surface area contributed by atoms with Crippen molar-refractivity contribution >= 4 is 17.6 Å². The van der Waals surface area contributed by atoms with E-state index < -0.39 is 23.8 Å². The molecule has 2 aromatic rings. The highest BCUT2D eigenvalue weighted by molar-refractivity contribution is 5.93. The van der Waals surface area contributed by atoms with Crippen molar-refractivity contribution in [3.05, 3.63) is 53.6 Å². The molecule has 0 radical (unpaired) electrons. The van der Waals surface area contributed by atoms with Gasteiger partial charge in [-0.3, -0.25) is 4.79 Å². The smallest absolute Gasteiger partial charge is 0.416 e. The van der Waals surface area contributed by atoms with Crippen LogP contribution in [0, 0.1) is 5.92 Å². The third-order valence-electron chi connectivity index (χ3n) is 5.25. The number of amides is 3. The zero-order chi connectivity index (χ0) is 25.5. The van der Waals surface area contributed by atoms with Crippen LogP contribution in [0.25, 0.3) is 0 Å². The minimum absolute atomic E-state index is 0.183. The van der Waals surface area contributed by atoms with E-state index in [1.807, 2.05) is 12.1 Å². The molecule has 0 saturated carbocycles. The Hall–Kier alpha value is -3.43. The van der Waals surface area contributed by atoms with Crippen molar-refractivity contribution in [2.75, 3.05) is 33.1 Å². The summed E-state index contributed by atoms with van der Waals surface area (Å²) in [6.45, 7) is 3.99. The molecule has 0 aliphatic rings. The quantitative estimate of drug-likeness (QED) is 0.550. The van der Waals surface area contributed by atoms with Gasteiger partial charge >= 0.3 is 12.2 Å². The molecule has 0 bridgehead atoms. The lowest BCUT2D eigenvalue weighted by Crippen LogP contribution is -2.51. The number of urea groups is 1. The number of carbonyl (C=O) groups is 2. The maximum absolute atomic E-state index is 13.0. The fourth-order valence-electron chi connectivity index (χ4n) is 3.25. The topological polar surface area (TPSA) is 79.9 Å². The Morgan fingerprint density at radius 3 is 2.15 bits per heavy atom. The number of methoxy groups -OCH3 is 2. The van der Waals surface area contributed by atoms with Gasteiger partial charge in [0.15, 0.2) is 11.5 Å². The largest absolute Gasteiger partial charge is 0.493 e. The van der Waals surface area contributed by atoms with E-state index in [-0.39, 0.29) is 17.5 Å². The molecule has 2 rings (SSSR count). The Kier molecular flexibility index (Phi) is 9.17. The number of carbonyl (C=O) groups excluding carboxylic acids is 2. The lowest BCUT2D eigenvalue weighted by atomic mass is 10.0. The molecule has 1 atom stereocenters. The molecular formula is C24H30F3N3O4. The minimum atomic E-state index is -4.46. The first-order valence-electron chi connectivity index (χ1n) is 10.7. The maximum Gasteiger partial charge on any atom is 0.416 e. The number of hydrogen-bond donors (Lipinski definition) is 2. The van der Waals surface area contributed by atoms with E-state index in [1.54, 1.807) is 41.2 Å². The summed E-state index contributed by atoms with van der Waals surface area (Å²) in [6.07, 6.45) is -3.90. The summed E-state index contributed by atoms with van der Waals surface area (Å²) in [5.74, 6) is 0.710. The molecule has 1 unspecified atom stereocenters. The molecule has 0 aliphatic carbocycles. The highest BCUT2D eigenvalue weighted by Crippen LogP contribution is 2.30. The molecule has 34 heavy (non-hydrogen) atoms. The zero-order valence-electron chi connectivity index (χ0n) is 19.8. The molecule has 0 fully saturated rings. The van der Waals surface area contributed by atoms with Gasteiger partial charge in [-0.1, -0.05) is 19.9 Å². The first-order valence-corrected chi connectivity index (χ1v) is 10.7. The van der Waals surface area contributed by atoms with Crippen molar-refractivity contribution in [1.82, 2.24) is 10.2 Å². The molecule has 7 nitrogen and oxygen atoms in total. The van der Waals surface area contributed by atoms with Crippen LogP contribution in [0.15, 0.2) is 42.5 Å². The van der Waals surface area contributed by atoms with Crippen molar-refractivity contribution in [1.29, 1.82) is 0 Å². The van der Waals surface area contributed by atoms with Crippen LogP contribution in [0.4, 0.5) is 23.7 Å². The number of anilines is 1. The Bertz CT molecular complexity index is 978. The predicted molar refractivity (Wildman–Crippen MR) is 123 cm³/mol. The molecular weight excluding hydrogens is 451 g/mol. The van der Waals surface area contributed by atoms with Gasteiger partial charge in [0.25, 0.3) is 0 Å². The zero-order valence-corrected chi connectivity index (χ0v) is 19.8. The lowest BCUT2D eigenvalue weighted by molar-refractivity contribution is -0.137. The summed E-state index contributed by atoms with van der Waals surface area (Å²) in [6, 6.07) is 8.09. The van der Waals surface area contributed by atoms with Gasteiger partial charge in [0, 0.05) is 19.3 Å². The van der Waals surface area contributed by atoms with E-state index in [1.165, 1.54) is 4.90 Å². The standard InChI is InChI=1S/C24H30F3N3O4/c1-15(2)21(29-23(32)28-18-9-7-17(8-10-18)24(25,26)27)22(31)30(3)13-12-16-6-11-19(33-4)20(14-16)34-5/h6-11,14-15,21H,12-13H2,1-5H3,(H2,28,29,32). The van der Waals surface area contributed by atoms with E-state index in [2.05, 4.69) is 10.6 Å². The number of alkyl halides is 3.